The molecular formula is C9H9N5. The SMILES string of the molecule is CN(C)/C=C(\C#N)C(=N)C(C#N)C#N. The average Bonchev–Trinajstić information content (AvgIpc) is 2.15. The molecule has 1 N–H and O–H groups in total. The highest BCUT2D eigenvalue weighted by Gasteiger charge is 2.17. The van der Waals surface area contributed by atoms with Crippen LogP contribution in [0.15, 0.2) is 11.8 Å². The normalized spacial score (nSPS) is 9.86. The van der Waals surface area contributed by atoms with Crippen LogP contribution in [-0.4, -0.2) is 24.7 Å². The lowest BCUT2D eigenvalue weighted by Crippen LogP contribution is -2.14. The van der Waals surface area contributed by atoms with Crippen LogP contribution in [0.4, 0.5) is 0 Å². The van der Waals surface area contributed by atoms with Crippen LogP contribution in [-0.2, 0) is 0 Å². The summed E-state index contributed by atoms with van der Waals surface area (Å²) in [5, 5.41) is 33.1. The molecule has 0 bridgehead atoms. The Morgan fingerprint density at radius 2 is 1.79 bits per heavy atom. The van der Waals surface area contributed by atoms with Crippen molar-refractivity contribution in [1.82, 2.24) is 4.90 Å². The first-order chi connectivity index (χ1) is 6.56. The maximum Gasteiger partial charge on any atom is 0.175 e. The number of nitrogens with one attached hydrogen (secondary N) is 1. The van der Waals surface area contributed by atoms with Gasteiger partial charge in [-0.1, -0.05) is 0 Å². The molecule has 70 valence electrons. The van der Waals surface area contributed by atoms with Crippen LogP contribution in [0.1, 0.15) is 0 Å². The first-order valence-electron chi connectivity index (χ1n) is 3.73. The second kappa shape index (κ2) is 5.35. The van der Waals surface area contributed by atoms with Crippen LogP contribution < -0.4 is 0 Å². The van der Waals surface area contributed by atoms with Gasteiger partial charge in [0.2, 0.25) is 0 Å². The van der Waals surface area contributed by atoms with E-state index in [0.29, 0.717) is 0 Å². The highest BCUT2D eigenvalue weighted by molar-refractivity contribution is 6.05. The van der Waals surface area contributed by atoms with Gasteiger partial charge in [-0.3, -0.25) is 0 Å². The maximum atomic E-state index is 8.68. The van der Waals surface area contributed by atoms with Crippen LogP contribution in [0, 0.1) is 45.3 Å². The van der Waals surface area contributed by atoms with E-state index in [1.807, 2.05) is 0 Å². The summed E-state index contributed by atoms with van der Waals surface area (Å²) >= 11 is 0. The zero-order valence-corrected chi connectivity index (χ0v) is 7.94. The van der Waals surface area contributed by atoms with Gasteiger partial charge in [0.1, 0.15) is 6.07 Å². The maximum absolute atomic E-state index is 8.68. The van der Waals surface area contributed by atoms with Gasteiger partial charge in [-0.15, -0.1) is 0 Å². The minimum Gasteiger partial charge on any atom is -0.382 e. The zero-order chi connectivity index (χ0) is 11.1. The number of rotatable bonds is 3. The van der Waals surface area contributed by atoms with Crippen molar-refractivity contribution in [2.45, 2.75) is 0 Å². The molecule has 0 fully saturated rings. The molecular weight excluding hydrogens is 178 g/mol. The van der Waals surface area contributed by atoms with Crippen molar-refractivity contribution < 1.29 is 0 Å². The molecule has 0 aromatic carbocycles. The van der Waals surface area contributed by atoms with Gasteiger partial charge >= 0.3 is 0 Å². The lowest BCUT2D eigenvalue weighted by atomic mass is 10.0. The van der Waals surface area contributed by atoms with E-state index >= 15 is 0 Å². The minimum atomic E-state index is -1.18. The second-order valence-electron chi connectivity index (χ2n) is 2.72. The number of hydrogen-bond acceptors (Lipinski definition) is 5. The summed E-state index contributed by atoms with van der Waals surface area (Å²) in [5.74, 6) is -1.18. The highest BCUT2D eigenvalue weighted by Crippen LogP contribution is 2.05. The first-order valence-corrected chi connectivity index (χ1v) is 3.73. The second-order valence-corrected chi connectivity index (χ2v) is 2.72. The van der Waals surface area contributed by atoms with Gasteiger partial charge in [-0.25, -0.2) is 0 Å². The molecule has 0 aromatic heterocycles. The fraction of sp³-hybridized carbons (Fsp3) is 0.333. The Hall–Kier alpha value is -2.32. The van der Waals surface area contributed by atoms with E-state index in [9.17, 15) is 0 Å². The van der Waals surface area contributed by atoms with Crippen molar-refractivity contribution in [1.29, 1.82) is 21.2 Å². The third-order valence-corrected chi connectivity index (χ3v) is 1.34. The van der Waals surface area contributed by atoms with Gasteiger partial charge in [0, 0.05) is 20.3 Å². The van der Waals surface area contributed by atoms with E-state index in [1.54, 1.807) is 37.2 Å². The minimum absolute atomic E-state index is 0.0306. The summed E-state index contributed by atoms with van der Waals surface area (Å²) in [5.41, 5.74) is -0.227. The van der Waals surface area contributed by atoms with Crippen LogP contribution >= 0.6 is 0 Å². The van der Waals surface area contributed by atoms with Crippen LogP contribution in [0.25, 0.3) is 0 Å². The van der Waals surface area contributed by atoms with Crippen molar-refractivity contribution in [3.8, 4) is 18.2 Å². The Morgan fingerprint density at radius 3 is 2.07 bits per heavy atom. The molecule has 14 heavy (non-hydrogen) atoms. The summed E-state index contributed by atoms with van der Waals surface area (Å²) in [7, 11) is 3.39. The molecule has 0 aromatic rings. The third kappa shape index (κ3) is 2.97. The molecule has 0 heterocycles. The number of nitrogens with zero attached hydrogens (tertiary/aromatic N) is 4. The molecule has 0 amide bonds. The molecule has 0 aliphatic carbocycles. The van der Waals surface area contributed by atoms with Crippen LogP contribution in [0.3, 0.4) is 0 Å². The monoisotopic (exact) mass is 187 g/mol. The molecule has 0 rings (SSSR count). The highest BCUT2D eigenvalue weighted by atomic mass is 15.0. The van der Waals surface area contributed by atoms with E-state index in [0.717, 1.165) is 0 Å². The van der Waals surface area contributed by atoms with Gasteiger partial charge in [0.15, 0.2) is 5.92 Å². The topological polar surface area (TPSA) is 98.5 Å². The predicted octanol–water partition coefficient (Wildman–Crippen LogP) is 0.639. The number of allylic oxidation sites excluding steroid dienone is 1. The lowest BCUT2D eigenvalue weighted by Gasteiger charge is -2.07. The Bertz CT molecular complexity index is 357. The Balaban J connectivity index is 4.96. The summed E-state index contributed by atoms with van der Waals surface area (Å²) in [6.07, 6.45) is 1.41. The van der Waals surface area contributed by atoms with E-state index in [4.69, 9.17) is 21.2 Å². The zero-order valence-electron chi connectivity index (χ0n) is 7.94. The van der Waals surface area contributed by atoms with E-state index in [1.165, 1.54) is 6.20 Å². The molecule has 0 aliphatic heterocycles. The fourth-order valence-corrected chi connectivity index (χ4v) is 0.730. The summed E-state index contributed by atoms with van der Waals surface area (Å²) in [6, 6.07) is 5.06. The third-order valence-electron chi connectivity index (χ3n) is 1.34. The molecule has 0 atom stereocenters. The van der Waals surface area contributed by atoms with Gasteiger partial charge < -0.3 is 10.3 Å². The molecule has 0 aliphatic rings. The summed E-state index contributed by atoms with van der Waals surface area (Å²) in [6.45, 7) is 0. The Kier molecular flexibility index (Phi) is 4.46. The first kappa shape index (κ1) is 11.7. The Morgan fingerprint density at radius 1 is 1.29 bits per heavy atom. The molecule has 0 unspecified atom stereocenters. The molecule has 0 radical (unpaired) electrons. The summed E-state index contributed by atoms with van der Waals surface area (Å²) < 4.78 is 0. The Labute approximate surface area is 82.6 Å². The summed E-state index contributed by atoms with van der Waals surface area (Å²) in [4.78, 5) is 1.58. The largest absolute Gasteiger partial charge is 0.382 e. The van der Waals surface area contributed by atoms with Gasteiger partial charge in [-0.2, -0.15) is 15.8 Å². The van der Waals surface area contributed by atoms with Crippen LogP contribution in [0.5, 0.6) is 0 Å². The smallest absolute Gasteiger partial charge is 0.175 e. The van der Waals surface area contributed by atoms with E-state index in [-0.39, 0.29) is 11.3 Å². The predicted molar refractivity (Wildman–Crippen MR) is 49.8 cm³/mol. The number of nitriles is 3. The quantitative estimate of drug-likeness (QED) is 0.517. The van der Waals surface area contributed by atoms with Crippen molar-refractivity contribution in [3.63, 3.8) is 0 Å². The molecule has 0 spiro atoms. The van der Waals surface area contributed by atoms with Crippen LogP contribution in [0.2, 0.25) is 0 Å². The van der Waals surface area contributed by atoms with Crippen molar-refractivity contribution in [2.75, 3.05) is 14.1 Å². The van der Waals surface area contributed by atoms with Gasteiger partial charge in [0.25, 0.3) is 0 Å². The number of hydrogen-bond donors (Lipinski definition) is 1. The molecule has 0 saturated carbocycles. The molecule has 5 nitrogen and oxygen atoms in total. The van der Waals surface area contributed by atoms with E-state index in [2.05, 4.69) is 0 Å². The van der Waals surface area contributed by atoms with Gasteiger partial charge in [0.05, 0.1) is 23.4 Å². The lowest BCUT2D eigenvalue weighted by molar-refractivity contribution is 0.562. The molecule has 0 saturated heterocycles. The van der Waals surface area contributed by atoms with Crippen molar-refractivity contribution in [2.24, 2.45) is 5.92 Å². The fourth-order valence-electron chi connectivity index (χ4n) is 0.730. The van der Waals surface area contributed by atoms with Crippen molar-refractivity contribution in [3.05, 3.63) is 11.8 Å². The molecule has 5 heteroatoms. The van der Waals surface area contributed by atoms with Gasteiger partial charge in [-0.05, 0) is 0 Å². The van der Waals surface area contributed by atoms with E-state index < -0.39 is 5.92 Å². The average molecular weight is 187 g/mol. The van der Waals surface area contributed by atoms with Crippen molar-refractivity contribution >= 4 is 5.71 Å². The standard InChI is InChI=1S/C9H9N5/c1-14(2)6-8(5-12)9(13)7(3-10)4-11/h6-7,13H,1-2H3/b8-6+,13-9?.